The van der Waals surface area contributed by atoms with Gasteiger partial charge in [0.05, 0.1) is 0 Å². The average Bonchev–Trinajstić information content (AvgIpc) is 3.54. The fourth-order valence-corrected chi connectivity index (χ4v) is 9.54. The molecule has 0 atom stereocenters. The van der Waals surface area contributed by atoms with E-state index in [1.165, 1.54) is 129 Å². The van der Waals surface area contributed by atoms with Crippen LogP contribution in [0.1, 0.15) is 0 Å². The molecule has 0 aliphatic rings. The van der Waals surface area contributed by atoms with Crippen LogP contribution in [0, 0.1) is 0 Å². The number of hydrogen-bond acceptors (Lipinski definition) is 0. The van der Waals surface area contributed by atoms with Gasteiger partial charge in [0, 0.05) is 0 Å². The Bertz CT molecular complexity index is 2920. The molecule has 13 rings (SSSR count). The summed E-state index contributed by atoms with van der Waals surface area (Å²) in [5.74, 6) is 0. The molecule has 0 heteroatoms. The molecule has 44 heavy (non-hydrogen) atoms. The van der Waals surface area contributed by atoms with Gasteiger partial charge < -0.3 is 0 Å². The van der Waals surface area contributed by atoms with Gasteiger partial charge in [-0.05, 0) is 178 Å². The van der Waals surface area contributed by atoms with Gasteiger partial charge in [0.25, 0.3) is 0 Å². The summed E-state index contributed by atoms with van der Waals surface area (Å²) in [5.41, 5.74) is 0. The topological polar surface area (TPSA) is 0 Å². The fraction of sp³-hybridized carbons (Fsp3) is 0. The molecule has 13 aromatic rings. The first-order chi connectivity index (χ1) is 21.8. The van der Waals surface area contributed by atoms with Gasteiger partial charge in [-0.3, -0.25) is 0 Å². The molecule has 0 aliphatic carbocycles. The van der Waals surface area contributed by atoms with E-state index in [1.54, 1.807) is 0 Å². The summed E-state index contributed by atoms with van der Waals surface area (Å²) >= 11 is 0. The normalized spacial score (nSPS) is 13.5. The van der Waals surface area contributed by atoms with Crippen molar-refractivity contribution in [3.63, 3.8) is 0 Å². The summed E-state index contributed by atoms with van der Waals surface area (Å²) in [5, 5.41) is 33.2. The lowest BCUT2D eigenvalue weighted by Crippen LogP contribution is -1.92. The highest BCUT2D eigenvalue weighted by molar-refractivity contribution is 6.53. The maximum atomic E-state index is 2.49. The van der Waals surface area contributed by atoms with E-state index in [1.807, 2.05) is 0 Å². The summed E-state index contributed by atoms with van der Waals surface area (Å²) in [7, 11) is 0. The van der Waals surface area contributed by atoms with Crippen molar-refractivity contribution in [2.75, 3.05) is 0 Å². The van der Waals surface area contributed by atoms with Crippen LogP contribution in [0.15, 0.2) is 121 Å². The summed E-state index contributed by atoms with van der Waals surface area (Å²) in [6.45, 7) is 0. The van der Waals surface area contributed by atoms with Crippen LogP contribution in [0.25, 0.3) is 129 Å². The monoisotopic (exact) mass is 548 g/mol. The lowest BCUT2D eigenvalue weighted by molar-refractivity contribution is 1.81. The predicted molar refractivity (Wildman–Crippen MR) is 192 cm³/mol. The smallest absolute Gasteiger partial charge is 0.000137 e. The van der Waals surface area contributed by atoms with E-state index in [0.717, 1.165) is 0 Å². The van der Waals surface area contributed by atoms with Gasteiger partial charge in [0.15, 0.2) is 0 Å². The first-order valence-corrected chi connectivity index (χ1v) is 15.6. The molecule has 196 valence electrons. The summed E-state index contributed by atoms with van der Waals surface area (Å²) in [6.07, 6.45) is 0. The van der Waals surface area contributed by atoms with Gasteiger partial charge in [0.2, 0.25) is 0 Å². The number of hydrogen-bond donors (Lipinski definition) is 0. The van der Waals surface area contributed by atoms with Crippen LogP contribution < -0.4 is 0 Å². The standard InChI is InChI=1S/C44H20/c1-2-6-22-14-30-29(13-21(22)5-1)33-17-25-9-10-27-19-35-31-15-23-7-3-4-8-24(23)16-32(31)36-20-28-12-11-26-18-34(30)41(33)43-37(25)39(27)44(42(35)36)40(28)38(26)43/h1-20H. The first kappa shape index (κ1) is 21.0. The second-order valence-corrected chi connectivity index (χ2v) is 13.2. The molecular weight excluding hydrogens is 528 g/mol. The van der Waals surface area contributed by atoms with E-state index in [0.29, 0.717) is 0 Å². The zero-order valence-corrected chi connectivity index (χ0v) is 23.5. The summed E-state index contributed by atoms with van der Waals surface area (Å²) in [6, 6.07) is 46.8. The Balaban J connectivity index is 1.37. The van der Waals surface area contributed by atoms with Gasteiger partial charge in [-0.2, -0.15) is 0 Å². The van der Waals surface area contributed by atoms with Crippen LogP contribution in [0.2, 0.25) is 0 Å². The van der Waals surface area contributed by atoms with Gasteiger partial charge in [-0.1, -0.05) is 72.8 Å². The molecule has 0 N–H and O–H groups in total. The fourth-order valence-electron chi connectivity index (χ4n) is 9.54. The van der Waals surface area contributed by atoms with Crippen molar-refractivity contribution < 1.29 is 0 Å². The third kappa shape index (κ3) is 2.11. The van der Waals surface area contributed by atoms with Crippen molar-refractivity contribution in [2.24, 2.45) is 0 Å². The minimum absolute atomic E-state index is 1.31. The molecule has 0 heterocycles. The highest BCUT2D eigenvalue weighted by atomic mass is 14.3. The summed E-state index contributed by atoms with van der Waals surface area (Å²) < 4.78 is 0. The van der Waals surface area contributed by atoms with E-state index >= 15 is 0 Å². The van der Waals surface area contributed by atoms with Crippen molar-refractivity contribution >= 4 is 129 Å². The molecule has 0 saturated heterocycles. The third-order valence-corrected chi connectivity index (χ3v) is 11.2. The number of fused-ring (bicyclic) bond motifs is 8. The molecule has 0 aromatic heterocycles. The van der Waals surface area contributed by atoms with Gasteiger partial charge in [-0.25, -0.2) is 0 Å². The molecule has 0 nitrogen and oxygen atoms in total. The predicted octanol–water partition coefficient (Wildman–Crippen LogP) is 12.7. The van der Waals surface area contributed by atoms with Gasteiger partial charge in [0.1, 0.15) is 0 Å². The van der Waals surface area contributed by atoms with Crippen molar-refractivity contribution in [1.82, 2.24) is 0 Å². The lowest BCUT2D eigenvalue weighted by Gasteiger charge is -2.21. The highest BCUT2D eigenvalue weighted by Crippen LogP contribution is 2.56. The van der Waals surface area contributed by atoms with Crippen molar-refractivity contribution in [1.29, 1.82) is 0 Å². The Morgan fingerprint density at radius 2 is 0.432 bits per heavy atom. The molecule has 0 spiro atoms. The Labute approximate surface area is 250 Å². The molecule has 0 radical (unpaired) electrons. The maximum Gasteiger partial charge on any atom is -0.000137 e. The molecule has 0 unspecified atom stereocenters. The van der Waals surface area contributed by atoms with Crippen molar-refractivity contribution in [3.8, 4) is 0 Å². The zero-order chi connectivity index (χ0) is 28.0. The number of benzene rings is 11. The Morgan fingerprint density at radius 1 is 0.182 bits per heavy atom. The van der Waals surface area contributed by atoms with E-state index in [2.05, 4.69) is 121 Å². The average molecular weight is 549 g/mol. The molecular formula is C44H20. The highest BCUT2D eigenvalue weighted by Gasteiger charge is 2.27. The first-order valence-electron chi connectivity index (χ1n) is 15.6. The van der Waals surface area contributed by atoms with Crippen LogP contribution in [-0.2, 0) is 0 Å². The Morgan fingerprint density at radius 3 is 0.705 bits per heavy atom. The van der Waals surface area contributed by atoms with Gasteiger partial charge >= 0.3 is 0 Å². The second kappa shape index (κ2) is 6.59. The molecule has 0 aliphatic heterocycles. The van der Waals surface area contributed by atoms with Crippen LogP contribution in [0.5, 0.6) is 0 Å². The molecule has 0 amide bonds. The Kier molecular flexibility index (Phi) is 3.15. The third-order valence-electron chi connectivity index (χ3n) is 11.2. The van der Waals surface area contributed by atoms with Crippen LogP contribution in [0.4, 0.5) is 0 Å². The Hall–Kier alpha value is -5.72. The van der Waals surface area contributed by atoms with Crippen LogP contribution in [-0.4, -0.2) is 0 Å². The molecule has 0 bridgehead atoms. The SMILES string of the molecule is c1ccc2cc3c(cc2c1)c1cc2ccc4cc5c6cc7ccccc7cc6c6cc7ccc8cc3c1c1c2c4c(c56)c7c81. The van der Waals surface area contributed by atoms with Crippen LogP contribution in [0.3, 0.4) is 0 Å². The van der Waals surface area contributed by atoms with Crippen molar-refractivity contribution in [3.05, 3.63) is 121 Å². The lowest BCUT2D eigenvalue weighted by atomic mass is 9.81. The molecule has 0 fully saturated rings. The van der Waals surface area contributed by atoms with E-state index in [4.69, 9.17) is 0 Å². The van der Waals surface area contributed by atoms with E-state index < -0.39 is 0 Å². The molecule has 0 saturated carbocycles. The van der Waals surface area contributed by atoms with E-state index in [9.17, 15) is 0 Å². The summed E-state index contributed by atoms with van der Waals surface area (Å²) in [4.78, 5) is 0. The largest absolute Gasteiger partial charge is 0.0616 e. The maximum absolute atomic E-state index is 2.49. The minimum Gasteiger partial charge on any atom is -0.0616 e. The molecule has 13 aromatic carbocycles. The van der Waals surface area contributed by atoms with E-state index in [-0.39, 0.29) is 0 Å². The van der Waals surface area contributed by atoms with Gasteiger partial charge in [-0.15, -0.1) is 0 Å². The minimum atomic E-state index is 1.31. The van der Waals surface area contributed by atoms with Crippen molar-refractivity contribution in [2.45, 2.75) is 0 Å². The quantitative estimate of drug-likeness (QED) is 0.131. The zero-order valence-electron chi connectivity index (χ0n) is 23.5. The van der Waals surface area contributed by atoms with Crippen LogP contribution >= 0.6 is 0 Å². The second-order valence-electron chi connectivity index (χ2n) is 13.2. The number of rotatable bonds is 0.